The highest BCUT2D eigenvalue weighted by molar-refractivity contribution is 6.05. The second kappa shape index (κ2) is 8.12. The van der Waals surface area contributed by atoms with E-state index in [1.165, 1.54) is 32.1 Å². The number of carbonyl (C=O) groups excluding carboxylic acids is 3. The molecular weight excluding hydrogens is 380 g/mol. The molecule has 4 aliphatic rings. The molecule has 0 aromatic heterocycles. The molecule has 3 atom stereocenters. The third-order valence-corrected chi connectivity index (χ3v) is 7.22. The Labute approximate surface area is 177 Å². The minimum Gasteiger partial charge on any atom is -0.322 e. The van der Waals surface area contributed by atoms with Gasteiger partial charge in [0.25, 0.3) is 5.91 Å². The summed E-state index contributed by atoms with van der Waals surface area (Å²) in [5.74, 6) is 0.0954. The molecular formula is C23H30N4O3. The van der Waals surface area contributed by atoms with Gasteiger partial charge in [0, 0.05) is 37.2 Å². The third-order valence-electron chi connectivity index (χ3n) is 7.22. The Morgan fingerprint density at radius 2 is 1.87 bits per heavy atom. The molecule has 30 heavy (non-hydrogen) atoms. The minimum absolute atomic E-state index is 0.105. The zero-order valence-electron chi connectivity index (χ0n) is 17.3. The Morgan fingerprint density at radius 1 is 1.07 bits per heavy atom. The average Bonchev–Trinajstić information content (AvgIpc) is 3.24. The van der Waals surface area contributed by atoms with Crippen LogP contribution in [0, 0.1) is 5.92 Å². The number of amides is 3. The van der Waals surface area contributed by atoms with Gasteiger partial charge < -0.3 is 15.5 Å². The van der Waals surface area contributed by atoms with E-state index in [4.69, 9.17) is 0 Å². The summed E-state index contributed by atoms with van der Waals surface area (Å²) >= 11 is 0. The molecule has 0 saturated carbocycles. The lowest BCUT2D eigenvalue weighted by Gasteiger charge is -2.29. The lowest BCUT2D eigenvalue weighted by Crippen LogP contribution is -2.52. The van der Waals surface area contributed by atoms with E-state index in [1.54, 1.807) is 4.90 Å². The summed E-state index contributed by atoms with van der Waals surface area (Å²) in [4.78, 5) is 38.1. The Hall–Kier alpha value is -2.25. The third kappa shape index (κ3) is 3.88. The van der Waals surface area contributed by atoms with Crippen molar-refractivity contribution in [3.63, 3.8) is 0 Å². The van der Waals surface area contributed by atoms with E-state index >= 15 is 0 Å². The molecule has 5 rings (SSSR count). The summed E-state index contributed by atoms with van der Waals surface area (Å²) in [7, 11) is 0. The van der Waals surface area contributed by atoms with Crippen molar-refractivity contribution in [3.8, 4) is 0 Å². The maximum Gasteiger partial charge on any atom is 0.255 e. The van der Waals surface area contributed by atoms with Crippen LogP contribution < -0.4 is 16.0 Å². The molecule has 0 radical (unpaired) electrons. The molecule has 3 saturated heterocycles. The SMILES string of the molecule is O=C1CCC(N2Cc3ccc(CNCCC4CC5CCC(C4)N5)cc3C2=O)C(=O)N1. The van der Waals surface area contributed by atoms with E-state index in [2.05, 4.69) is 22.0 Å². The number of nitrogens with zero attached hydrogens (tertiary/aromatic N) is 1. The summed E-state index contributed by atoms with van der Waals surface area (Å²) in [6.45, 7) is 2.18. The summed E-state index contributed by atoms with van der Waals surface area (Å²) in [5, 5.41) is 9.59. The normalized spacial score (nSPS) is 30.5. The standard InChI is InChI=1S/C23H30N4O3/c28-21-6-5-20(22(29)26-21)27-13-16-2-1-15(11-19(16)23(27)30)12-24-8-7-14-9-17-3-4-18(10-14)25-17/h1-2,11,14,17-18,20,24-25H,3-10,12-13H2,(H,26,28,29). The summed E-state index contributed by atoms with van der Waals surface area (Å²) in [5.41, 5.74) is 2.74. The highest BCUT2D eigenvalue weighted by atomic mass is 16.2. The second-order valence-corrected chi connectivity index (χ2v) is 9.33. The van der Waals surface area contributed by atoms with Crippen LogP contribution in [-0.4, -0.2) is 47.3 Å². The van der Waals surface area contributed by atoms with Gasteiger partial charge in [0.15, 0.2) is 0 Å². The maximum atomic E-state index is 12.9. The van der Waals surface area contributed by atoms with Crippen LogP contribution in [0.3, 0.4) is 0 Å². The molecule has 3 unspecified atom stereocenters. The zero-order chi connectivity index (χ0) is 20.7. The first-order valence-electron chi connectivity index (χ1n) is 11.3. The van der Waals surface area contributed by atoms with E-state index in [0.717, 1.165) is 42.2 Å². The van der Waals surface area contributed by atoms with Gasteiger partial charge >= 0.3 is 0 Å². The Morgan fingerprint density at radius 3 is 2.63 bits per heavy atom. The molecule has 1 aromatic rings. The van der Waals surface area contributed by atoms with Crippen molar-refractivity contribution in [2.24, 2.45) is 5.92 Å². The Bertz CT molecular complexity index is 858. The smallest absolute Gasteiger partial charge is 0.255 e. The molecule has 3 amide bonds. The number of hydrogen-bond acceptors (Lipinski definition) is 5. The van der Waals surface area contributed by atoms with Crippen LogP contribution >= 0.6 is 0 Å². The van der Waals surface area contributed by atoms with Crippen LogP contribution in [0.25, 0.3) is 0 Å². The van der Waals surface area contributed by atoms with Crippen LogP contribution in [0.1, 0.15) is 66.4 Å². The summed E-state index contributed by atoms with van der Waals surface area (Å²) < 4.78 is 0. The number of hydrogen-bond donors (Lipinski definition) is 3. The first kappa shape index (κ1) is 19.7. The van der Waals surface area contributed by atoms with E-state index in [1.807, 2.05) is 12.1 Å². The molecule has 0 spiro atoms. The van der Waals surface area contributed by atoms with Crippen molar-refractivity contribution >= 4 is 17.7 Å². The number of nitrogens with one attached hydrogen (secondary N) is 3. The number of imide groups is 1. The van der Waals surface area contributed by atoms with Gasteiger partial charge in [0.1, 0.15) is 6.04 Å². The number of piperidine rings is 2. The fourth-order valence-electron chi connectivity index (χ4n) is 5.66. The van der Waals surface area contributed by atoms with E-state index in [9.17, 15) is 14.4 Å². The van der Waals surface area contributed by atoms with E-state index < -0.39 is 6.04 Å². The van der Waals surface area contributed by atoms with Gasteiger partial charge in [0.2, 0.25) is 11.8 Å². The van der Waals surface area contributed by atoms with Gasteiger partial charge in [-0.25, -0.2) is 0 Å². The van der Waals surface area contributed by atoms with Crippen molar-refractivity contribution in [1.82, 2.24) is 20.9 Å². The summed E-state index contributed by atoms with van der Waals surface area (Å²) in [6.07, 6.45) is 7.19. The van der Waals surface area contributed by atoms with Crippen molar-refractivity contribution in [3.05, 3.63) is 34.9 Å². The van der Waals surface area contributed by atoms with Crippen LogP contribution in [0.2, 0.25) is 0 Å². The topological polar surface area (TPSA) is 90.5 Å². The molecule has 4 aliphatic heterocycles. The largest absolute Gasteiger partial charge is 0.322 e. The van der Waals surface area contributed by atoms with Gasteiger partial charge in [-0.3, -0.25) is 19.7 Å². The van der Waals surface area contributed by atoms with Crippen LogP contribution in [-0.2, 0) is 22.7 Å². The van der Waals surface area contributed by atoms with Crippen molar-refractivity contribution < 1.29 is 14.4 Å². The van der Waals surface area contributed by atoms with Crippen LogP contribution in [0.15, 0.2) is 18.2 Å². The first-order chi connectivity index (χ1) is 14.6. The molecule has 7 heteroatoms. The minimum atomic E-state index is -0.551. The maximum absolute atomic E-state index is 12.9. The molecule has 2 bridgehead atoms. The molecule has 7 nitrogen and oxygen atoms in total. The van der Waals surface area contributed by atoms with E-state index in [-0.39, 0.29) is 24.1 Å². The fraction of sp³-hybridized carbons (Fsp3) is 0.609. The van der Waals surface area contributed by atoms with Crippen molar-refractivity contribution in [1.29, 1.82) is 0 Å². The van der Waals surface area contributed by atoms with Crippen molar-refractivity contribution in [2.45, 2.75) is 76.2 Å². The molecule has 160 valence electrons. The van der Waals surface area contributed by atoms with Gasteiger partial charge in [-0.1, -0.05) is 12.1 Å². The lowest BCUT2D eigenvalue weighted by atomic mass is 9.90. The zero-order valence-corrected chi connectivity index (χ0v) is 17.3. The van der Waals surface area contributed by atoms with Gasteiger partial charge in [-0.15, -0.1) is 0 Å². The Balaban J connectivity index is 1.14. The molecule has 1 aromatic carbocycles. The number of benzene rings is 1. The predicted molar refractivity (Wildman–Crippen MR) is 111 cm³/mol. The molecule has 4 heterocycles. The van der Waals surface area contributed by atoms with Crippen LogP contribution in [0.4, 0.5) is 0 Å². The Kier molecular flexibility index (Phi) is 5.33. The van der Waals surface area contributed by atoms with Gasteiger partial charge in [-0.2, -0.15) is 0 Å². The van der Waals surface area contributed by atoms with Gasteiger partial charge in [0.05, 0.1) is 0 Å². The average molecular weight is 411 g/mol. The molecule has 3 N–H and O–H groups in total. The quantitative estimate of drug-likeness (QED) is 0.488. The number of fused-ring (bicyclic) bond motifs is 3. The number of rotatable bonds is 6. The van der Waals surface area contributed by atoms with Crippen molar-refractivity contribution in [2.75, 3.05) is 6.54 Å². The van der Waals surface area contributed by atoms with Crippen LogP contribution in [0.5, 0.6) is 0 Å². The molecule has 0 aliphatic carbocycles. The van der Waals surface area contributed by atoms with E-state index in [0.29, 0.717) is 18.5 Å². The number of carbonyl (C=O) groups is 3. The highest BCUT2D eigenvalue weighted by Gasteiger charge is 2.39. The summed E-state index contributed by atoms with van der Waals surface area (Å²) in [6, 6.07) is 6.96. The highest BCUT2D eigenvalue weighted by Crippen LogP contribution is 2.32. The lowest BCUT2D eigenvalue weighted by molar-refractivity contribution is -0.136. The van der Waals surface area contributed by atoms with Gasteiger partial charge in [-0.05, 0) is 68.2 Å². The monoisotopic (exact) mass is 410 g/mol. The predicted octanol–water partition coefficient (Wildman–Crippen LogP) is 1.46. The molecule has 3 fully saturated rings. The second-order valence-electron chi connectivity index (χ2n) is 9.33. The first-order valence-corrected chi connectivity index (χ1v) is 11.3. The fourth-order valence-corrected chi connectivity index (χ4v) is 5.66.